The Kier molecular flexibility index (Phi) is 5.02. The number of fused-ring (bicyclic) bond motifs is 1. The van der Waals surface area contributed by atoms with Gasteiger partial charge in [0.1, 0.15) is 6.61 Å². The fourth-order valence-electron chi connectivity index (χ4n) is 5.11. The zero-order valence-electron chi connectivity index (χ0n) is 14.4. The highest BCUT2D eigenvalue weighted by Crippen LogP contribution is 2.59. The molecule has 2 heterocycles. The molecular formula is C18H32O3. The summed E-state index contributed by atoms with van der Waals surface area (Å²) in [6, 6.07) is 0. The lowest BCUT2D eigenvalue weighted by molar-refractivity contribution is -0.171. The van der Waals surface area contributed by atoms with E-state index in [1.165, 1.54) is 19.3 Å². The van der Waals surface area contributed by atoms with Crippen molar-refractivity contribution < 1.29 is 14.3 Å². The highest BCUT2D eigenvalue weighted by molar-refractivity contribution is 5.71. The van der Waals surface area contributed by atoms with E-state index in [1.807, 2.05) is 0 Å². The zero-order valence-corrected chi connectivity index (χ0v) is 14.4. The van der Waals surface area contributed by atoms with E-state index >= 15 is 0 Å². The number of carbonyl (C=O) groups excluding carboxylic acids is 1. The van der Waals surface area contributed by atoms with Crippen molar-refractivity contribution in [3.05, 3.63) is 0 Å². The molecule has 0 aromatic carbocycles. The molecule has 0 saturated carbocycles. The monoisotopic (exact) mass is 296 g/mol. The number of rotatable bonds is 6. The molecule has 2 rings (SSSR count). The molecule has 2 aliphatic heterocycles. The van der Waals surface area contributed by atoms with Gasteiger partial charge in [-0.05, 0) is 38.5 Å². The summed E-state index contributed by atoms with van der Waals surface area (Å²) in [5, 5.41) is 0. The summed E-state index contributed by atoms with van der Waals surface area (Å²) >= 11 is 0. The van der Waals surface area contributed by atoms with E-state index in [9.17, 15) is 4.79 Å². The first kappa shape index (κ1) is 16.8. The molecule has 3 nitrogen and oxygen atoms in total. The van der Waals surface area contributed by atoms with Gasteiger partial charge < -0.3 is 9.47 Å². The molecule has 2 saturated heterocycles. The Morgan fingerprint density at radius 2 is 2.00 bits per heavy atom. The Bertz CT molecular complexity index is 377. The number of esters is 1. The van der Waals surface area contributed by atoms with E-state index in [0.717, 1.165) is 12.8 Å². The van der Waals surface area contributed by atoms with Gasteiger partial charge in [0.25, 0.3) is 0 Å². The molecule has 2 fully saturated rings. The van der Waals surface area contributed by atoms with Gasteiger partial charge in [-0.3, -0.25) is 4.79 Å². The fourth-order valence-corrected chi connectivity index (χ4v) is 5.11. The van der Waals surface area contributed by atoms with E-state index in [0.29, 0.717) is 24.9 Å². The van der Waals surface area contributed by atoms with Gasteiger partial charge in [-0.2, -0.15) is 0 Å². The second kappa shape index (κ2) is 6.28. The summed E-state index contributed by atoms with van der Waals surface area (Å²) in [5.41, 5.74) is -0.136. The Hall–Kier alpha value is -0.570. The highest BCUT2D eigenvalue weighted by Gasteiger charge is 2.63. The predicted molar refractivity (Wildman–Crippen MR) is 84.0 cm³/mol. The van der Waals surface area contributed by atoms with Crippen LogP contribution in [0.4, 0.5) is 0 Å². The van der Waals surface area contributed by atoms with Crippen LogP contribution >= 0.6 is 0 Å². The molecule has 3 unspecified atom stereocenters. The molecule has 0 aromatic heterocycles. The Morgan fingerprint density at radius 1 is 1.29 bits per heavy atom. The number of ether oxygens (including phenoxy) is 2. The standard InChI is InChI=1S/C18H32O3/c1-6-9-10-13(7-2)18-12-20-16(19)11-15(18)21-17(4,5)14(18)8-3/h13-15H,6-12H2,1-5H3/t13?,14?,15-,18?/m1/s1. The minimum Gasteiger partial charge on any atom is -0.465 e. The van der Waals surface area contributed by atoms with Gasteiger partial charge in [0.05, 0.1) is 18.1 Å². The number of carbonyl (C=O) groups is 1. The first-order valence-corrected chi connectivity index (χ1v) is 8.75. The van der Waals surface area contributed by atoms with Crippen molar-refractivity contribution in [3.8, 4) is 0 Å². The molecular weight excluding hydrogens is 264 g/mol. The van der Waals surface area contributed by atoms with Gasteiger partial charge >= 0.3 is 5.97 Å². The number of unbranched alkanes of at least 4 members (excludes halogenated alkanes) is 1. The van der Waals surface area contributed by atoms with Gasteiger partial charge in [-0.15, -0.1) is 0 Å². The summed E-state index contributed by atoms with van der Waals surface area (Å²) in [5.74, 6) is 0.959. The van der Waals surface area contributed by atoms with Crippen LogP contribution in [-0.2, 0) is 14.3 Å². The topological polar surface area (TPSA) is 35.5 Å². The van der Waals surface area contributed by atoms with Crippen LogP contribution in [0.5, 0.6) is 0 Å². The summed E-state index contributed by atoms with van der Waals surface area (Å²) in [6.45, 7) is 11.7. The third kappa shape index (κ3) is 2.74. The molecule has 0 radical (unpaired) electrons. The molecule has 21 heavy (non-hydrogen) atoms. The first-order chi connectivity index (χ1) is 9.92. The lowest BCUT2D eigenvalue weighted by atomic mass is 9.58. The molecule has 0 N–H and O–H groups in total. The van der Waals surface area contributed by atoms with Crippen LogP contribution in [0.15, 0.2) is 0 Å². The zero-order chi connectivity index (χ0) is 15.7. The third-order valence-corrected chi connectivity index (χ3v) is 5.94. The van der Waals surface area contributed by atoms with Crippen LogP contribution in [0.3, 0.4) is 0 Å². The van der Waals surface area contributed by atoms with Gasteiger partial charge in [-0.25, -0.2) is 0 Å². The summed E-state index contributed by atoms with van der Waals surface area (Å²) in [6.07, 6.45) is 6.39. The molecule has 122 valence electrons. The van der Waals surface area contributed by atoms with Crippen molar-refractivity contribution in [1.82, 2.24) is 0 Å². The lowest BCUT2D eigenvalue weighted by Gasteiger charge is -2.47. The Balaban J connectivity index is 2.38. The van der Waals surface area contributed by atoms with Crippen LogP contribution in [0, 0.1) is 17.3 Å². The maximum Gasteiger partial charge on any atom is 0.308 e. The van der Waals surface area contributed by atoms with Crippen LogP contribution in [-0.4, -0.2) is 24.3 Å². The minimum atomic E-state index is -0.160. The van der Waals surface area contributed by atoms with E-state index in [2.05, 4.69) is 34.6 Å². The van der Waals surface area contributed by atoms with Gasteiger partial charge in [-0.1, -0.05) is 40.0 Å². The Labute approximate surface area is 129 Å². The largest absolute Gasteiger partial charge is 0.465 e. The maximum absolute atomic E-state index is 11.8. The molecule has 0 spiro atoms. The van der Waals surface area contributed by atoms with E-state index < -0.39 is 0 Å². The molecule has 0 aliphatic carbocycles. The second-order valence-electron chi connectivity index (χ2n) is 7.40. The quantitative estimate of drug-likeness (QED) is 0.684. The molecule has 4 atom stereocenters. The van der Waals surface area contributed by atoms with E-state index in [-0.39, 0.29) is 23.1 Å². The lowest BCUT2D eigenvalue weighted by Crippen LogP contribution is -2.52. The normalized spacial score (nSPS) is 36.1. The highest BCUT2D eigenvalue weighted by atomic mass is 16.6. The molecule has 0 aromatic rings. The summed E-state index contributed by atoms with van der Waals surface area (Å²) < 4.78 is 12.0. The average molecular weight is 296 g/mol. The smallest absolute Gasteiger partial charge is 0.308 e. The third-order valence-electron chi connectivity index (χ3n) is 5.94. The predicted octanol–water partition coefficient (Wildman–Crippen LogP) is 4.34. The Morgan fingerprint density at radius 3 is 2.57 bits per heavy atom. The first-order valence-electron chi connectivity index (χ1n) is 8.75. The van der Waals surface area contributed by atoms with Crippen LogP contribution in [0.25, 0.3) is 0 Å². The van der Waals surface area contributed by atoms with Crippen LogP contribution in [0.2, 0.25) is 0 Å². The van der Waals surface area contributed by atoms with Crippen LogP contribution in [0.1, 0.15) is 73.1 Å². The van der Waals surface area contributed by atoms with E-state index in [4.69, 9.17) is 9.47 Å². The average Bonchev–Trinajstić information content (AvgIpc) is 2.65. The van der Waals surface area contributed by atoms with Gasteiger partial charge in [0.2, 0.25) is 0 Å². The van der Waals surface area contributed by atoms with Crippen LogP contribution < -0.4 is 0 Å². The second-order valence-corrected chi connectivity index (χ2v) is 7.40. The fraction of sp³-hybridized carbons (Fsp3) is 0.944. The van der Waals surface area contributed by atoms with E-state index in [1.54, 1.807) is 0 Å². The molecule has 0 bridgehead atoms. The molecule has 3 heteroatoms. The SMILES string of the molecule is CCCCC(CC)C12COC(=O)C[C@H]1OC(C)(C)C2CC. The molecule has 2 aliphatic rings. The number of cyclic esters (lactones) is 1. The van der Waals surface area contributed by atoms with Crippen molar-refractivity contribution in [2.24, 2.45) is 17.3 Å². The maximum atomic E-state index is 11.8. The minimum absolute atomic E-state index is 0.0239. The van der Waals surface area contributed by atoms with Gasteiger partial charge in [0, 0.05) is 5.41 Å². The van der Waals surface area contributed by atoms with Gasteiger partial charge in [0.15, 0.2) is 0 Å². The number of hydrogen-bond acceptors (Lipinski definition) is 3. The van der Waals surface area contributed by atoms with Crippen molar-refractivity contribution in [1.29, 1.82) is 0 Å². The van der Waals surface area contributed by atoms with Crippen molar-refractivity contribution in [3.63, 3.8) is 0 Å². The summed E-state index contributed by atoms with van der Waals surface area (Å²) in [7, 11) is 0. The summed E-state index contributed by atoms with van der Waals surface area (Å²) in [4.78, 5) is 11.8. The van der Waals surface area contributed by atoms with Crippen molar-refractivity contribution >= 4 is 5.97 Å². The number of hydrogen-bond donors (Lipinski definition) is 0. The van der Waals surface area contributed by atoms with Crippen molar-refractivity contribution in [2.45, 2.75) is 84.8 Å². The molecule has 0 amide bonds. The van der Waals surface area contributed by atoms with Crippen molar-refractivity contribution in [2.75, 3.05) is 6.61 Å².